The zero-order valence-corrected chi connectivity index (χ0v) is 19.0. The fourth-order valence-corrected chi connectivity index (χ4v) is 5.14. The Balaban J connectivity index is 1.68. The summed E-state index contributed by atoms with van der Waals surface area (Å²) in [5.74, 6) is 1.55. The van der Waals surface area contributed by atoms with Crippen LogP contribution >= 0.6 is 0 Å². The number of aromatic nitrogens is 1. The van der Waals surface area contributed by atoms with Gasteiger partial charge in [-0.15, -0.1) is 0 Å². The second-order valence-electron chi connectivity index (χ2n) is 9.62. The van der Waals surface area contributed by atoms with Crippen LogP contribution in [0.25, 0.3) is 10.9 Å². The maximum absolute atomic E-state index is 12.9. The highest BCUT2D eigenvalue weighted by atomic mass is 16.1. The SMILES string of the molecule is CC(C)CNC(=O)CC(c1cn(Cc2ccccc2)c2ccccc12)C1CCCCC1. The molecule has 164 valence electrons. The molecule has 0 radical (unpaired) electrons. The Morgan fingerprint density at radius 3 is 2.45 bits per heavy atom. The number of hydrogen-bond donors (Lipinski definition) is 1. The van der Waals surface area contributed by atoms with Crippen LogP contribution in [0.3, 0.4) is 0 Å². The first kappa shape index (κ1) is 21.7. The fourth-order valence-electron chi connectivity index (χ4n) is 5.14. The molecule has 3 nitrogen and oxygen atoms in total. The van der Waals surface area contributed by atoms with E-state index in [1.165, 1.54) is 54.1 Å². The third-order valence-corrected chi connectivity index (χ3v) is 6.75. The van der Waals surface area contributed by atoms with Crippen molar-refractivity contribution in [3.63, 3.8) is 0 Å². The predicted molar refractivity (Wildman–Crippen MR) is 129 cm³/mol. The number of nitrogens with zero attached hydrogens (tertiary/aromatic N) is 1. The number of rotatable bonds is 8. The summed E-state index contributed by atoms with van der Waals surface area (Å²) in [7, 11) is 0. The van der Waals surface area contributed by atoms with Crippen molar-refractivity contribution in [1.29, 1.82) is 0 Å². The van der Waals surface area contributed by atoms with E-state index in [9.17, 15) is 4.79 Å². The molecule has 1 heterocycles. The molecule has 0 spiro atoms. The van der Waals surface area contributed by atoms with Crippen LogP contribution in [0, 0.1) is 11.8 Å². The van der Waals surface area contributed by atoms with Gasteiger partial charge in [-0.2, -0.15) is 0 Å². The number of carbonyl (C=O) groups excluding carboxylic acids is 1. The molecular formula is C28H36N2O. The minimum absolute atomic E-state index is 0.198. The first-order chi connectivity index (χ1) is 15.1. The van der Waals surface area contributed by atoms with Crippen molar-refractivity contribution in [2.24, 2.45) is 11.8 Å². The average Bonchev–Trinajstić information content (AvgIpc) is 3.15. The van der Waals surface area contributed by atoms with Gasteiger partial charge in [0, 0.05) is 36.6 Å². The van der Waals surface area contributed by atoms with Crippen LogP contribution in [0.15, 0.2) is 60.8 Å². The van der Waals surface area contributed by atoms with E-state index in [1.54, 1.807) is 0 Å². The maximum atomic E-state index is 12.9. The maximum Gasteiger partial charge on any atom is 0.220 e. The first-order valence-electron chi connectivity index (χ1n) is 12.0. The van der Waals surface area contributed by atoms with Crippen molar-refractivity contribution in [3.05, 3.63) is 71.9 Å². The highest BCUT2D eigenvalue weighted by Gasteiger charge is 2.29. The number of carbonyl (C=O) groups is 1. The summed E-state index contributed by atoms with van der Waals surface area (Å²) in [4.78, 5) is 12.9. The van der Waals surface area contributed by atoms with Crippen LogP contribution in [0.1, 0.15) is 69.4 Å². The number of fused-ring (bicyclic) bond motifs is 1. The number of amides is 1. The third kappa shape index (κ3) is 5.39. The van der Waals surface area contributed by atoms with Crippen molar-refractivity contribution in [2.75, 3.05) is 6.54 Å². The van der Waals surface area contributed by atoms with Gasteiger partial charge in [0.25, 0.3) is 0 Å². The Morgan fingerprint density at radius 1 is 1.00 bits per heavy atom. The molecule has 2 aromatic carbocycles. The Kier molecular flexibility index (Phi) is 7.11. The molecule has 1 aliphatic rings. The molecule has 31 heavy (non-hydrogen) atoms. The van der Waals surface area contributed by atoms with E-state index >= 15 is 0 Å². The third-order valence-electron chi connectivity index (χ3n) is 6.75. The summed E-state index contributed by atoms with van der Waals surface area (Å²) >= 11 is 0. The Bertz CT molecular complexity index is 983. The summed E-state index contributed by atoms with van der Waals surface area (Å²) in [5, 5.41) is 4.48. The van der Waals surface area contributed by atoms with Crippen molar-refractivity contribution >= 4 is 16.8 Å². The largest absolute Gasteiger partial charge is 0.356 e. The van der Waals surface area contributed by atoms with E-state index in [0.717, 1.165) is 13.1 Å². The molecule has 1 saturated carbocycles. The molecule has 3 aromatic rings. The summed E-state index contributed by atoms with van der Waals surface area (Å²) in [6.07, 6.45) is 9.32. The lowest BCUT2D eigenvalue weighted by atomic mass is 9.75. The van der Waals surface area contributed by atoms with Crippen LogP contribution < -0.4 is 5.32 Å². The summed E-state index contributed by atoms with van der Waals surface area (Å²) in [6, 6.07) is 19.4. The molecule has 1 aliphatic carbocycles. The monoisotopic (exact) mass is 416 g/mol. The predicted octanol–water partition coefficient (Wildman–Crippen LogP) is 6.52. The molecule has 1 unspecified atom stereocenters. The van der Waals surface area contributed by atoms with E-state index < -0.39 is 0 Å². The number of para-hydroxylation sites is 1. The molecular weight excluding hydrogens is 380 g/mol. The van der Waals surface area contributed by atoms with Gasteiger partial charge in [0.1, 0.15) is 0 Å². The minimum atomic E-state index is 0.198. The molecule has 1 fully saturated rings. The smallest absolute Gasteiger partial charge is 0.220 e. The van der Waals surface area contributed by atoms with E-state index in [1.807, 2.05) is 0 Å². The standard InChI is InChI=1S/C28H36N2O/c1-21(2)18-29-28(31)17-25(23-13-7-4-8-14-23)26-20-30(19-22-11-5-3-6-12-22)27-16-10-9-15-24(26)27/h3,5-6,9-12,15-16,20-21,23,25H,4,7-8,13-14,17-19H2,1-2H3,(H,29,31). The van der Waals surface area contributed by atoms with Gasteiger partial charge in [0.05, 0.1) is 0 Å². The van der Waals surface area contributed by atoms with Gasteiger partial charge < -0.3 is 9.88 Å². The van der Waals surface area contributed by atoms with E-state index in [-0.39, 0.29) is 11.8 Å². The lowest BCUT2D eigenvalue weighted by molar-refractivity contribution is -0.122. The lowest BCUT2D eigenvalue weighted by Gasteiger charge is -2.30. The van der Waals surface area contributed by atoms with Crippen LogP contribution in [0.5, 0.6) is 0 Å². The Hall–Kier alpha value is -2.55. The molecule has 1 atom stereocenters. The highest BCUT2D eigenvalue weighted by Crippen LogP contribution is 2.41. The number of benzene rings is 2. The van der Waals surface area contributed by atoms with Gasteiger partial charge in [0.15, 0.2) is 0 Å². The molecule has 0 saturated heterocycles. The number of nitrogens with one attached hydrogen (secondary N) is 1. The molecule has 1 N–H and O–H groups in total. The van der Waals surface area contributed by atoms with Crippen molar-refractivity contribution < 1.29 is 4.79 Å². The number of hydrogen-bond acceptors (Lipinski definition) is 1. The van der Waals surface area contributed by atoms with Crippen molar-refractivity contribution in [1.82, 2.24) is 9.88 Å². The van der Waals surface area contributed by atoms with Gasteiger partial charge in [-0.3, -0.25) is 4.79 Å². The van der Waals surface area contributed by atoms with Crippen LogP contribution in [-0.4, -0.2) is 17.0 Å². The average molecular weight is 417 g/mol. The quantitative estimate of drug-likeness (QED) is 0.446. The zero-order chi connectivity index (χ0) is 21.6. The van der Waals surface area contributed by atoms with Gasteiger partial charge in [0.2, 0.25) is 5.91 Å². The van der Waals surface area contributed by atoms with Gasteiger partial charge in [-0.05, 0) is 47.8 Å². The highest BCUT2D eigenvalue weighted by molar-refractivity contribution is 5.86. The van der Waals surface area contributed by atoms with Gasteiger partial charge >= 0.3 is 0 Å². The fraction of sp³-hybridized carbons (Fsp3) is 0.464. The molecule has 1 aromatic heterocycles. The summed E-state index contributed by atoms with van der Waals surface area (Å²) < 4.78 is 2.38. The molecule has 4 rings (SSSR count). The lowest BCUT2D eigenvalue weighted by Crippen LogP contribution is -2.30. The van der Waals surface area contributed by atoms with Crippen LogP contribution in [-0.2, 0) is 11.3 Å². The first-order valence-corrected chi connectivity index (χ1v) is 12.0. The minimum Gasteiger partial charge on any atom is -0.356 e. The zero-order valence-electron chi connectivity index (χ0n) is 19.0. The van der Waals surface area contributed by atoms with Crippen molar-refractivity contribution in [2.45, 2.75) is 64.8 Å². The topological polar surface area (TPSA) is 34.0 Å². The second kappa shape index (κ2) is 10.2. The Labute approximate surface area is 186 Å². The second-order valence-corrected chi connectivity index (χ2v) is 9.62. The van der Waals surface area contributed by atoms with E-state index in [4.69, 9.17) is 0 Å². The van der Waals surface area contributed by atoms with Gasteiger partial charge in [-0.1, -0.05) is 81.6 Å². The Morgan fingerprint density at radius 2 is 1.71 bits per heavy atom. The van der Waals surface area contributed by atoms with E-state index in [0.29, 0.717) is 18.3 Å². The van der Waals surface area contributed by atoms with Crippen LogP contribution in [0.4, 0.5) is 0 Å². The van der Waals surface area contributed by atoms with E-state index in [2.05, 4.69) is 84.5 Å². The normalized spacial score (nSPS) is 16.0. The summed E-state index contributed by atoms with van der Waals surface area (Å²) in [6.45, 7) is 5.91. The molecule has 0 bridgehead atoms. The van der Waals surface area contributed by atoms with Crippen molar-refractivity contribution in [3.8, 4) is 0 Å². The van der Waals surface area contributed by atoms with Crippen LogP contribution in [0.2, 0.25) is 0 Å². The molecule has 3 heteroatoms. The molecule has 1 amide bonds. The van der Waals surface area contributed by atoms with Gasteiger partial charge in [-0.25, -0.2) is 0 Å². The molecule has 0 aliphatic heterocycles. The summed E-state index contributed by atoms with van der Waals surface area (Å²) in [5.41, 5.74) is 3.93.